The first kappa shape index (κ1) is 23.0. The Labute approximate surface area is 237 Å². The number of nitrogens with zero attached hydrogens (tertiary/aromatic N) is 1. The van der Waals surface area contributed by atoms with E-state index in [1.54, 1.807) is 0 Å². The van der Waals surface area contributed by atoms with E-state index < -0.39 is 0 Å². The second-order valence-electron chi connectivity index (χ2n) is 10.2. The van der Waals surface area contributed by atoms with Gasteiger partial charge in [0.15, 0.2) is 0 Å². The standard InChI is InChI=1S/C38H25NS/c1-3-17-30-26(11-1)13-8-20-31(30)28-15-7-16-29(25-28)39(34-21-9-14-27-12-2-4-18-32(27)34)35-22-10-24-37-38(35)33-19-5-6-23-36(33)40-37/h1-25H. The quantitative estimate of drug-likeness (QED) is 0.220. The Balaban J connectivity index is 1.43. The summed E-state index contributed by atoms with van der Waals surface area (Å²) in [6, 6.07) is 55.0. The number of hydrogen-bond donors (Lipinski definition) is 0. The number of rotatable bonds is 4. The van der Waals surface area contributed by atoms with E-state index in [9.17, 15) is 0 Å². The molecule has 0 spiro atoms. The molecule has 0 fully saturated rings. The van der Waals surface area contributed by atoms with Crippen molar-refractivity contribution in [2.24, 2.45) is 0 Å². The summed E-state index contributed by atoms with van der Waals surface area (Å²) >= 11 is 1.86. The van der Waals surface area contributed by atoms with E-state index in [2.05, 4.69) is 157 Å². The molecule has 7 aromatic carbocycles. The summed E-state index contributed by atoms with van der Waals surface area (Å²) in [7, 11) is 0. The molecule has 1 aromatic heterocycles. The molecule has 8 aromatic rings. The molecule has 0 aliphatic heterocycles. The van der Waals surface area contributed by atoms with E-state index in [4.69, 9.17) is 0 Å². The summed E-state index contributed by atoms with van der Waals surface area (Å²) in [5.74, 6) is 0. The highest BCUT2D eigenvalue weighted by molar-refractivity contribution is 7.26. The molecule has 0 saturated heterocycles. The van der Waals surface area contributed by atoms with Gasteiger partial charge >= 0.3 is 0 Å². The Morgan fingerprint density at radius 1 is 0.425 bits per heavy atom. The molecule has 0 unspecified atom stereocenters. The van der Waals surface area contributed by atoms with Gasteiger partial charge in [0, 0.05) is 31.2 Å². The first-order valence-electron chi connectivity index (χ1n) is 13.6. The van der Waals surface area contributed by atoms with E-state index in [0.717, 1.165) is 5.69 Å². The highest BCUT2D eigenvalue weighted by Gasteiger charge is 2.20. The van der Waals surface area contributed by atoms with Crippen molar-refractivity contribution in [2.75, 3.05) is 4.90 Å². The maximum atomic E-state index is 2.46. The molecule has 0 N–H and O–H groups in total. The van der Waals surface area contributed by atoms with Gasteiger partial charge in [-0.3, -0.25) is 0 Å². The average molecular weight is 528 g/mol. The summed E-state index contributed by atoms with van der Waals surface area (Å²) < 4.78 is 2.61. The fraction of sp³-hybridized carbons (Fsp3) is 0. The van der Waals surface area contributed by atoms with Crippen LogP contribution in [0.1, 0.15) is 0 Å². The highest BCUT2D eigenvalue weighted by Crippen LogP contribution is 2.47. The van der Waals surface area contributed by atoms with Crippen molar-refractivity contribution in [1.29, 1.82) is 0 Å². The van der Waals surface area contributed by atoms with Gasteiger partial charge in [-0.1, -0.05) is 115 Å². The van der Waals surface area contributed by atoms with Gasteiger partial charge in [-0.05, 0) is 63.7 Å². The smallest absolute Gasteiger partial charge is 0.0555 e. The third kappa shape index (κ3) is 3.69. The normalized spacial score (nSPS) is 11.5. The van der Waals surface area contributed by atoms with Gasteiger partial charge in [0.05, 0.1) is 11.4 Å². The van der Waals surface area contributed by atoms with Crippen LogP contribution in [0.15, 0.2) is 152 Å². The number of fused-ring (bicyclic) bond motifs is 5. The van der Waals surface area contributed by atoms with Gasteiger partial charge in [0.1, 0.15) is 0 Å². The lowest BCUT2D eigenvalue weighted by molar-refractivity contribution is 1.32. The van der Waals surface area contributed by atoms with Gasteiger partial charge in [0.2, 0.25) is 0 Å². The Hall–Kier alpha value is -4.92. The first-order valence-corrected chi connectivity index (χ1v) is 14.4. The predicted octanol–water partition coefficient (Wildman–Crippen LogP) is 11.5. The summed E-state index contributed by atoms with van der Waals surface area (Å²) in [4.78, 5) is 2.46. The van der Waals surface area contributed by atoms with E-state index in [1.807, 2.05) is 11.3 Å². The summed E-state index contributed by atoms with van der Waals surface area (Å²) in [6.07, 6.45) is 0. The Morgan fingerprint density at radius 3 is 1.90 bits per heavy atom. The molecule has 0 radical (unpaired) electrons. The van der Waals surface area contributed by atoms with Gasteiger partial charge in [-0.25, -0.2) is 0 Å². The maximum Gasteiger partial charge on any atom is 0.0555 e. The third-order valence-electron chi connectivity index (χ3n) is 7.83. The molecule has 0 amide bonds. The fourth-order valence-corrected chi connectivity index (χ4v) is 7.17. The summed E-state index contributed by atoms with van der Waals surface area (Å²) in [5.41, 5.74) is 5.97. The van der Waals surface area contributed by atoms with E-state index in [1.165, 1.54) is 64.2 Å². The van der Waals surface area contributed by atoms with Crippen LogP contribution in [0.25, 0.3) is 52.8 Å². The predicted molar refractivity (Wildman–Crippen MR) is 174 cm³/mol. The first-order chi connectivity index (χ1) is 19.8. The molecule has 0 bridgehead atoms. The van der Waals surface area contributed by atoms with E-state index in [0.29, 0.717) is 0 Å². The third-order valence-corrected chi connectivity index (χ3v) is 8.97. The molecule has 8 rings (SSSR count). The van der Waals surface area contributed by atoms with Crippen molar-refractivity contribution in [3.05, 3.63) is 152 Å². The van der Waals surface area contributed by atoms with E-state index >= 15 is 0 Å². The van der Waals surface area contributed by atoms with Crippen LogP contribution in [0.2, 0.25) is 0 Å². The largest absolute Gasteiger partial charge is 0.309 e. The zero-order valence-corrected chi connectivity index (χ0v) is 22.6. The zero-order chi connectivity index (χ0) is 26.5. The molecule has 1 heterocycles. The minimum absolute atomic E-state index is 1.14. The van der Waals surface area contributed by atoms with Crippen molar-refractivity contribution >= 4 is 70.1 Å². The average Bonchev–Trinajstić information content (AvgIpc) is 3.41. The van der Waals surface area contributed by atoms with Crippen LogP contribution in [0.4, 0.5) is 17.1 Å². The number of benzene rings is 7. The van der Waals surface area contributed by atoms with Crippen LogP contribution in [0.3, 0.4) is 0 Å². The van der Waals surface area contributed by atoms with Crippen molar-refractivity contribution in [3.8, 4) is 11.1 Å². The van der Waals surface area contributed by atoms with Crippen LogP contribution in [0, 0.1) is 0 Å². The molecule has 2 heteroatoms. The van der Waals surface area contributed by atoms with Crippen molar-refractivity contribution in [2.45, 2.75) is 0 Å². The molecule has 0 saturated carbocycles. The van der Waals surface area contributed by atoms with Crippen molar-refractivity contribution < 1.29 is 0 Å². The molecular formula is C38H25NS. The zero-order valence-electron chi connectivity index (χ0n) is 21.8. The molecule has 40 heavy (non-hydrogen) atoms. The Morgan fingerprint density at radius 2 is 1.02 bits per heavy atom. The number of anilines is 3. The Kier molecular flexibility index (Phi) is 5.39. The van der Waals surface area contributed by atoms with E-state index in [-0.39, 0.29) is 0 Å². The number of thiophene rings is 1. The lowest BCUT2D eigenvalue weighted by atomic mass is 9.97. The van der Waals surface area contributed by atoms with Crippen molar-refractivity contribution in [1.82, 2.24) is 0 Å². The molecule has 0 aliphatic carbocycles. The van der Waals surface area contributed by atoms with Gasteiger partial charge in [-0.15, -0.1) is 11.3 Å². The molecule has 1 nitrogen and oxygen atoms in total. The maximum absolute atomic E-state index is 2.46. The molecular weight excluding hydrogens is 502 g/mol. The minimum atomic E-state index is 1.14. The van der Waals surface area contributed by atoms with Gasteiger partial charge < -0.3 is 4.90 Å². The SMILES string of the molecule is c1cc(-c2cccc3ccccc23)cc(N(c2cccc3ccccc23)c2cccc3sc4ccccc4c23)c1. The summed E-state index contributed by atoms with van der Waals surface area (Å²) in [5, 5.41) is 7.59. The van der Waals surface area contributed by atoms with Crippen LogP contribution < -0.4 is 4.90 Å². The second-order valence-corrected chi connectivity index (χ2v) is 11.2. The van der Waals surface area contributed by atoms with Crippen molar-refractivity contribution in [3.63, 3.8) is 0 Å². The van der Waals surface area contributed by atoms with Gasteiger partial charge in [0.25, 0.3) is 0 Å². The van der Waals surface area contributed by atoms with Crippen LogP contribution in [-0.2, 0) is 0 Å². The monoisotopic (exact) mass is 527 g/mol. The lowest BCUT2D eigenvalue weighted by Crippen LogP contribution is -2.11. The fourth-order valence-electron chi connectivity index (χ4n) is 6.04. The van der Waals surface area contributed by atoms with Crippen LogP contribution in [-0.4, -0.2) is 0 Å². The molecule has 0 aliphatic rings. The minimum Gasteiger partial charge on any atom is -0.309 e. The Bertz CT molecular complexity index is 2180. The lowest BCUT2D eigenvalue weighted by Gasteiger charge is -2.28. The number of hydrogen-bond acceptors (Lipinski definition) is 2. The second kappa shape index (κ2) is 9.37. The summed E-state index contributed by atoms with van der Waals surface area (Å²) in [6.45, 7) is 0. The molecule has 188 valence electrons. The molecule has 0 atom stereocenters. The topological polar surface area (TPSA) is 3.24 Å². The van der Waals surface area contributed by atoms with Gasteiger partial charge in [-0.2, -0.15) is 0 Å². The van der Waals surface area contributed by atoms with Crippen LogP contribution >= 0.6 is 11.3 Å². The van der Waals surface area contributed by atoms with Crippen LogP contribution in [0.5, 0.6) is 0 Å². The highest BCUT2D eigenvalue weighted by atomic mass is 32.1.